The Hall–Kier alpha value is -2.35. The molecule has 0 bridgehead atoms. The number of allylic oxidation sites excluding steroid dienone is 4. The number of thioether (sulfide) groups is 1. The van der Waals surface area contributed by atoms with E-state index >= 15 is 0 Å². The molecule has 4 fully saturated rings. The van der Waals surface area contributed by atoms with Crippen LogP contribution < -0.4 is 0 Å². The average Bonchev–Trinajstić information content (AvgIpc) is 3.41. The normalized spacial score (nSPS) is 36.6. The summed E-state index contributed by atoms with van der Waals surface area (Å²) in [5, 5.41) is 2.91. The summed E-state index contributed by atoms with van der Waals surface area (Å²) in [7, 11) is 0. The van der Waals surface area contributed by atoms with Crippen molar-refractivity contribution in [2.45, 2.75) is 44.2 Å². The summed E-state index contributed by atoms with van der Waals surface area (Å²) in [4.78, 5) is 36.7. The van der Waals surface area contributed by atoms with Gasteiger partial charge in [-0.15, -0.1) is 0 Å². The highest BCUT2D eigenvalue weighted by Gasteiger charge is 2.67. The number of alkyl halides is 1. The number of carbonyl (C=O) groups excluding carboxylic acids is 2. The smallest absolute Gasteiger partial charge is 0.226 e. The van der Waals surface area contributed by atoms with Crippen molar-refractivity contribution in [3.05, 3.63) is 65.9 Å². The number of hydroxylamine groups is 2. The lowest BCUT2D eigenvalue weighted by atomic mass is 9.56. The van der Waals surface area contributed by atoms with Gasteiger partial charge in [0, 0.05) is 42.4 Å². The zero-order valence-corrected chi connectivity index (χ0v) is 21.5. The van der Waals surface area contributed by atoms with Gasteiger partial charge in [-0.25, -0.2) is 4.39 Å². The second-order valence-corrected chi connectivity index (χ2v) is 12.3. The Morgan fingerprint density at radius 2 is 2.11 bits per heavy atom. The van der Waals surface area contributed by atoms with Crippen molar-refractivity contribution in [2.75, 3.05) is 12.6 Å². The third kappa shape index (κ3) is 3.76. The molecule has 1 saturated heterocycles. The van der Waals surface area contributed by atoms with Gasteiger partial charge < -0.3 is 0 Å². The molecular formula is C30H31FN2O3S. The van der Waals surface area contributed by atoms with E-state index in [4.69, 9.17) is 4.84 Å². The maximum absolute atomic E-state index is 13.6. The molecule has 0 spiro atoms. The lowest BCUT2D eigenvalue weighted by Crippen LogP contribution is -2.51. The van der Waals surface area contributed by atoms with E-state index in [0.717, 1.165) is 60.3 Å². The van der Waals surface area contributed by atoms with Crippen LogP contribution in [-0.4, -0.2) is 39.1 Å². The van der Waals surface area contributed by atoms with E-state index in [0.29, 0.717) is 36.8 Å². The van der Waals surface area contributed by atoms with Gasteiger partial charge in [-0.05, 0) is 79.7 Å². The molecule has 1 aromatic heterocycles. The van der Waals surface area contributed by atoms with Crippen LogP contribution in [0.5, 0.6) is 0 Å². The van der Waals surface area contributed by atoms with E-state index in [2.05, 4.69) is 29.3 Å². The zero-order chi connectivity index (χ0) is 25.1. The lowest BCUT2D eigenvalue weighted by molar-refractivity contribution is -0.218. The maximum Gasteiger partial charge on any atom is 0.226 e. The van der Waals surface area contributed by atoms with Gasteiger partial charge in [-0.2, -0.15) is 5.06 Å². The quantitative estimate of drug-likeness (QED) is 0.521. The number of fused-ring (bicyclic) bond motifs is 8. The Bertz CT molecular complexity index is 1330. The molecule has 3 saturated carbocycles. The van der Waals surface area contributed by atoms with Crippen molar-refractivity contribution < 1.29 is 18.8 Å². The SMILES string of the molecule is O=C1C=CC2C(=C1)CCC1C2CCC2C1CC1CN(Cc3ccc4cccnc4c3)OC12C(=O)SCF. The minimum absolute atomic E-state index is 0.0757. The number of carbonyl (C=O) groups is 2. The minimum Gasteiger partial charge on any atom is -0.290 e. The van der Waals surface area contributed by atoms with Crippen molar-refractivity contribution in [1.82, 2.24) is 10.0 Å². The summed E-state index contributed by atoms with van der Waals surface area (Å²) < 4.78 is 13.5. The molecule has 5 nitrogen and oxygen atoms in total. The predicted octanol–water partition coefficient (Wildman–Crippen LogP) is 5.66. The fourth-order valence-electron chi connectivity index (χ4n) is 8.48. The molecule has 192 valence electrons. The van der Waals surface area contributed by atoms with E-state index in [-0.39, 0.29) is 22.7 Å². The average molecular weight is 519 g/mol. The molecule has 7 unspecified atom stereocenters. The van der Waals surface area contributed by atoms with Crippen LogP contribution >= 0.6 is 11.8 Å². The molecule has 7 rings (SSSR count). The van der Waals surface area contributed by atoms with Crippen molar-refractivity contribution in [3.8, 4) is 0 Å². The Balaban J connectivity index is 1.15. The molecule has 7 atom stereocenters. The zero-order valence-electron chi connectivity index (χ0n) is 20.7. The van der Waals surface area contributed by atoms with Crippen LogP contribution in [0.25, 0.3) is 10.9 Å². The van der Waals surface area contributed by atoms with Crippen molar-refractivity contribution in [2.24, 2.45) is 35.5 Å². The summed E-state index contributed by atoms with van der Waals surface area (Å²) in [6, 6.07) is 9.52. The molecule has 37 heavy (non-hydrogen) atoms. The standard InChI is InChI=1S/C30H31FN2O3S/c31-17-37-29(35)30-21(16-33(36-30)15-18-3-4-19-2-1-11-32-28(19)12-18)14-26-25-7-5-20-13-22(34)6-8-23(20)24(25)9-10-27(26)30/h1-4,6,8,11-13,21,23-27H,5,7,9-10,14-17H2. The molecule has 0 amide bonds. The second-order valence-electron chi connectivity index (χ2n) is 11.4. The largest absolute Gasteiger partial charge is 0.290 e. The van der Waals surface area contributed by atoms with Crippen LogP contribution in [0, 0.1) is 35.5 Å². The van der Waals surface area contributed by atoms with Crippen molar-refractivity contribution in [1.29, 1.82) is 0 Å². The highest BCUT2D eigenvalue weighted by molar-refractivity contribution is 8.13. The van der Waals surface area contributed by atoms with Gasteiger partial charge in [0.1, 0.15) is 6.01 Å². The Morgan fingerprint density at radius 1 is 1.19 bits per heavy atom. The Morgan fingerprint density at radius 3 is 3.00 bits per heavy atom. The summed E-state index contributed by atoms with van der Waals surface area (Å²) in [5.41, 5.74) is 2.39. The number of ketones is 1. The van der Waals surface area contributed by atoms with Gasteiger partial charge in [-0.1, -0.05) is 41.6 Å². The molecule has 2 heterocycles. The molecule has 1 aliphatic heterocycles. The fraction of sp³-hybridized carbons (Fsp3) is 0.500. The van der Waals surface area contributed by atoms with Crippen LogP contribution in [0.2, 0.25) is 0 Å². The number of rotatable bonds is 4. The number of aromatic nitrogens is 1. The minimum atomic E-state index is -0.935. The van der Waals surface area contributed by atoms with Crippen LogP contribution in [0.3, 0.4) is 0 Å². The topological polar surface area (TPSA) is 59.5 Å². The lowest BCUT2D eigenvalue weighted by Gasteiger charge is -2.49. The molecule has 4 aliphatic carbocycles. The van der Waals surface area contributed by atoms with Gasteiger partial charge in [0.05, 0.1) is 5.52 Å². The maximum atomic E-state index is 13.6. The number of nitrogens with zero attached hydrogens (tertiary/aromatic N) is 2. The van der Waals surface area contributed by atoms with Crippen LogP contribution in [0.15, 0.2) is 60.3 Å². The molecule has 0 radical (unpaired) electrons. The number of hydrogen-bond acceptors (Lipinski definition) is 6. The molecular weight excluding hydrogens is 487 g/mol. The highest BCUT2D eigenvalue weighted by Crippen LogP contribution is 2.63. The first-order valence-electron chi connectivity index (χ1n) is 13.5. The van der Waals surface area contributed by atoms with Gasteiger partial charge in [0.25, 0.3) is 0 Å². The molecule has 2 aromatic rings. The number of hydrogen-bond donors (Lipinski definition) is 0. The Labute approximate surface area is 220 Å². The number of benzene rings is 1. The van der Waals surface area contributed by atoms with E-state index in [1.807, 2.05) is 23.3 Å². The van der Waals surface area contributed by atoms with Gasteiger partial charge in [0.2, 0.25) is 5.12 Å². The van der Waals surface area contributed by atoms with Crippen LogP contribution in [0.4, 0.5) is 4.39 Å². The summed E-state index contributed by atoms with van der Waals surface area (Å²) in [6.45, 7) is 1.27. The predicted molar refractivity (Wildman–Crippen MR) is 141 cm³/mol. The van der Waals surface area contributed by atoms with E-state index in [9.17, 15) is 14.0 Å². The summed E-state index contributed by atoms with van der Waals surface area (Å²) in [5.74, 6) is 2.10. The Kier molecular flexibility index (Phi) is 5.86. The first-order valence-corrected chi connectivity index (χ1v) is 14.5. The summed E-state index contributed by atoms with van der Waals surface area (Å²) >= 11 is 0.784. The first-order chi connectivity index (χ1) is 18.1. The van der Waals surface area contributed by atoms with E-state index in [1.54, 1.807) is 12.3 Å². The van der Waals surface area contributed by atoms with Crippen molar-refractivity contribution >= 4 is 33.6 Å². The fourth-order valence-corrected chi connectivity index (χ4v) is 9.16. The first kappa shape index (κ1) is 23.7. The monoisotopic (exact) mass is 518 g/mol. The van der Waals surface area contributed by atoms with Crippen LogP contribution in [-0.2, 0) is 21.0 Å². The molecule has 7 heteroatoms. The van der Waals surface area contributed by atoms with Gasteiger partial charge in [0.15, 0.2) is 11.4 Å². The second kappa shape index (κ2) is 9.14. The summed E-state index contributed by atoms with van der Waals surface area (Å²) in [6.07, 6.45) is 12.4. The van der Waals surface area contributed by atoms with Gasteiger partial charge in [-0.3, -0.25) is 19.4 Å². The molecule has 5 aliphatic rings. The third-order valence-corrected chi connectivity index (χ3v) is 10.5. The van der Waals surface area contributed by atoms with Crippen LogP contribution in [0.1, 0.15) is 37.7 Å². The number of pyridine rings is 1. The van der Waals surface area contributed by atoms with E-state index in [1.165, 1.54) is 5.57 Å². The number of halogens is 1. The van der Waals surface area contributed by atoms with E-state index < -0.39 is 11.6 Å². The highest BCUT2D eigenvalue weighted by atomic mass is 32.2. The molecule has 1 aromatic carbocycles. The van der Waals surface area contributed by atoms with Crippen molar-refractivity contribution in [3.63, 3.8) is 0 Å². The van der Waals surface area contributed by atoms with Gasteiger partial charge >= 0.3 is 0 Å². The third-order valence-electron chi connectivity index (χ3n) is 9.83. The molecule has 0 N–H and O–H groups in total.